The van der Waals surface area contributed by atoms with Gasteiger partial charge in [-0.1, -0.05) is 98.2 Å². The number of aliphatic imine (C=N–C) groups is 2. The fourth-order valence-electron chi connectivity index (χ4n) is 12.7. The van der Waals surface area contributed by atoms with E-state index in [1.807, 2.05) is 84.0 Å². The lowest BCUT2D eigenvalue weighted by Crippen LogP contribution is -2.61. The average molecular weight is 1570 g/mol. The van der Waals surface area contributed by atoms with E-state index in [1.54, 1.807) is 36.4 Å². The number of nitrogens with zero attached hydrogens (tertiary/aromatic N) is 4. The highest BCUT2D eigenvalue weighted by atomic mass is 35.5. The predicted molar refractivity (Wildman–Crippen MR) is 429 cm³/mol. The van der Waals surface area contributed by atoms with Gasteiger partial charge in [-0.2, -0.15) is 0 Å². The zero-order valence-corrected chi connectivity index (χ0v) is 66.1. The number of aromatic hydroxyl groups is 1. The molecule has 1 aliphatic rings. The van der Waals surface area contributed by atoms with Crippen molar-refractivity contribution >= 4 is 99.3 Å². The molecule has 1 aromatic heterocycles. The third-order valence-electron chi connectivity index (χ3n) is 18.5. The second-order valence-electron chi connectivity index (χ2n) is 28.0. The van der Waals surface area contributed by atoms with Crippen molar-refractivity contribution in [3.8, 4) is 5.75 Å². The Hall–Kier alpha value is -10.9. The molecule has 1 fully saturated rings. The Labute approximate surface area is 660 Å². The molecule has 0 bridgehead atoms. The van der Waals surface area contributed by atoms with E-state index in [9.17, 15) is 53.4 Å². The summed E-state index contributed by atoms with van der Waals surface area (Å²) in [6, 6.07) is 15.3. The topological polar surface area (TPSA) is 451 Å². The monoisotopic (exact) mass is 1570 g/mol. The molecule has 11 amide bonds. The molecule has 608 valence electrons. The van der Waals surface area contributed by atoms with Crippen LogP contribution >= 0.6 is 11.6 Å². The summed E-state index contributed by atoms with van der Waals surface area (Å²) in [5, 5.41) is 60.9. The van der Waals surface area contributed by atoms with E-state index in [2.05, 4.69) is 84.1 Å². The number of phenols is 1. The number of rotatable bonds is 44. The Morgan fingerprint density at radius 3 is 1.47 bits per heavy atom. The first-order chi connectivity index (χ1) is 53.7. The number of nitrogens with one attached hydrogen (secondary N) is 13. The molecule has 0 aliphatic carbocycles. The number of primary amides is 1. The van der Waals surface area contributed by atoms with Crippen LogP contribution in [0.25, 0.3) is 10.8 Å². The molecule has 1 aliphatic heterocycles. The van der Waals surface area contributed by atoms with Crippen LogP contribution in [0.2, 0.25) is 5.02 Å². The minimum atomic E-state index is -1.82. The number of likely N-dealkylation sites (tertiary alicyclic amines) is 1. The van der Waals surface area contributed by atoms with E-state index in [4.69, 9.17) is 17.3 Å². The fraction of sp³-hybridized carbons (Fsp3) is 0.500. The lowest BCUT2D eigenvalue weighted by Gasteiger charge is -2.31. The third kappa shape index (κ3) is 30.4. The number of hydrogen-bond acceptors (Lipinski definition) is 16. The number of phenolic OH excluding ortho intramolecular Hbond substituents is 1. The van der Waals surface area contributed by atoms with Gasteiger partial charge in [-0.25, -0.2) is 0 Å². The number of nitrogens with two attached hydrogens (primary N) is 1. The van der Waals surface area contributed by atoms with Crippen molar-refractivity contribution in [3.63, 3.8) is 0 Å². The van der Waals surface area contributed by atoms with Crippen molar-refractivity contribution in [1.29, 1.82) is 0 Å². The SMILES string of the molecule is CCNC(=NCCCC[C@H](NC(=O)[C@H](CC(C)C)NC(=O)[C@@H](CCCCN=C(NCC)NCC)NC(=O)[C@@H](Cc1ccc(O)cc1)NC(=O)[C@@H](CO)NC(=O)[C@H](Cc1cccnc1)NC(=O)[C@H](Cc1ccc(Cl)cc1)NC(=O)[C@@H](Cc1ccc2ccccc2c1)NC(C)=O)C(=O)N1CCC[C@H]1C(=O)N[C@H](C)C(N)=O)NCC. The number of guanidine groups is 2. The molecule has 0 unspecified atom stereocenters. The van der Waals surface area contributed by atoms with Crippen molar-refractivity contribution in [2.24, 2.45) is 21.6 Å². The van der Waals surface area contributed by atoms with Gasteiger partial charge in [0, 0.05) is 95.8 Å². The molecule has 1 saturated heterocycles. The van der Waals surface area contributed by atoms with Crippen molar-refractivity contribution in [3.05, 3.63) is 143 Å². The lowest BCUT2D eigenvalue weighted by atomic mass is 9.99. The molecule has 0 spiro atoms. The second-order valence-corrected chi connectivity index (χ2v) is 28.5. The lowest BCUT2D eigenvalue weighted by molar-refractivity contribution is -0.142. The summed E-state index contributed by atoms with van der Waals surface area (Å²) in [7, 11) is 0. The van der Waals surface area contributed by atoms with Crippen molar-refractivity contribution in [2.75, 3.05) is 52.4 Å². The summed E-state index contributed by atoms with van der Waals surface area (Å²) in [6.45, 7) is 16.3. The zero-order chi connectivity index (χ0) is 81.7. The Balaban J connectivity index is 1.29. The summed E-state index contributed by atoms with van der Waals surface area (Å²) in [5.74, 6) is -7.72. The van der Waals surface area contributed by atoms with Gasteiger partial charge < -0.3 is 90.0 Å². The number of aliphatic hydroxyl groups is 1. The van der Waals surface area contributed by atoms with Gasteiger partial charge in [0.05, 0.1) is 6.61 Å². The van der Waals surface area contributed by atoms with Crippen molar-refractivity contribution < 1.29 is 63.0 Å². The van der Waals surface area contributed by atoms with Crippen LogP contribution in [0.3, 0.4) is 0 Å². The smallest absolute Gasteiger partial charge is 0.245 e. The quantitative estimate of drug-likeness (QED) is 0.0151. The van der Waals surface area contributed by atoms with E-state index in [-0.39, 0.29) is 76.0 Å². The number of benzene rings is 4. The van der Waals surface area contributed by atoms with E-state index in [0.29, 0.717) is 104 Å². The van der Waals surface area contributed by atoms with E-state index in [1.165, 1.54) is 55.4 Å². The Morgan fingerprint density at radius 1 is 0.518 bits per heavy atom. The molecule has 2 heterocycles. The summed E-state index contributed by atoms with van der Waals surface area (Å²) >= 11 is 6.26. The molecule has 4 aromatic carbocycles. The minimum Gasteiger partial charge on any atom is -0.508 e. The Morgan fingerprint density at radius 2 is 0.964 bits per heavy atom. The molecule has 17 N–H and O–H groups in total. The summed E-state index contributed by atoms with van der Waals surface area (Å²) in [5.41, 5.74) is 7.61. The third-order valence-corrected chi connectivity index (χ3v) is 18.7. The van der Waals surface area contributed by atoms with Crippen LogP contribution in [0.1, 0.15) is 135 Å². The van der Waals surface area contributed by atoms with Gasteiger partial charge in [-0.05, 0) is 162 Å². The molecule has 31 nitrogen and oxygen atoms in total. The summed E-state index contributed by atoms with van der Waals surface area (Å²) in [6.07, 6.45) is 4.77. The molecule has 112 heavy (non-hydrogen) atoms. The van der Waals surface area contributed by atoms with Crippen molar-refractivity contribution in [2.45, 2.75) is 199 Å². The van der Waals surface area contributed by atoms with Crippen LogP contribution in [0, 0.1) is 5.92 Å². The second kappa shape index (κ2) is 47.3. The number of aliphatic hydroxyl groups excluding tert-OH is 1. The maximum Gasteiger partial charge on any atom is 0.245 e. The highest BCUT2D eigenvalue weighted by molar-refractivity contribution is 6.30. The van der Waals surface area contributed by atoms with Crippen LogP contribution in [0.15, 0.2) is 126 Å². The first-order valence-electron chi connectivity index (χ1n) is 38.6. The molecular weight excluding hydrogens is 1460 g/mol. The van der Waals surface area contributed by atoms with E-state index in [0.717, 1.165) is 10.8 Å². The highest BCUT2D eigenvalue weighted by Crippen LogP contribution is 2.23. The maximum atomic E-state index is 15.2. The number of amides is 11. The molecule has 10 atom stereocenters. The average Bonchev–Trinajstić information content (AvgIpc) is 1.06. The number of aromatic nitrogens is 1. The van der Waals surface area contributed by atoms with Gasteiger partial charge in [-0.3, -0.25) is 67.7 Å². The number of pyridine rings is 1. The van der Waals surface area contributed by atoms with Gasteiger partial charge in [0.2, 0.25) is 65.0 Å². The van der Waals surface area contributed by atoms with Crippen LogP contribution in [0.4, 0.5) is 0 Å². The van der Waals surface area contributed by atoms with Crippen LogP contribution < -0.4 is 74.9 Å². The van der Waals surface area contributed by atoms with Crippen molar-refractivity contribution in [1.82, 2.24) is 79.0 Å². The first kappa shape index (κ1) is 89.9. The molecule has 0 saturated carbocycles. The predicted octanol–water partition coefficient (Wildman–Crippen LogP) is 2.27. The standard InChI is InChI=1S/C80H113ClN18O13/c1-9-84-79(85-10-2)88-38-17-15-24-60(70(104)94-62(41-49(5)6)71(105)93-61(25-16-18-39-89-80(86-11-3)87-12-4)78(112)99-40-20-26-68(99)77(111)90-50(7)69(82)103)92-73(107)64(44-53-30-35-59(102)36-31-53)97-76(110)67(48-100)98-75(109)66(46-55-21-19-37-83-47-55)96-74(108)65(43-52-28-33-58(81)34-29-52)95-72(106)63(91-51(8)101)45-54-27-32-56-22-13-14-23-57(56)42-54/h13-14,19,21-23,27-37,42,47,49-50,60-68,100,102H,9-12,15-18,20,24-26,38-41,43-46,48H2,1-8H3,(H2,82,103)(H,90,111)(H,91,101)(H,92,107)(H,93,105)(H,94,104)(H,95,106)(H,96,108)(H,97,110)(H,98,109)(H2,84,85,88)(H2,86,87,89)/t50-,60-,61+,62+,63-,64-,65+,66+,67-,68+/m1/s1. The minimum absolute atomic E-state index is 0.0365. The number of halogens is 1. The normalized spacial score (nSPS) is 14.8. The summed E-state index contributed by atoms with van der Waals surface area (Å²) < 4.78 is 0. The molecule has 5 aromatic rings. The Bertz CT molecular complexity index is 3970. The molecule has 6 rings (SSSR count). The maximum absolute atomic E-state index is 15.2. The van der Waals surface area contributed by atoms with Gasteiger partial charge in [0.25, 0.3) is 0 Å². The largest absolute Gasteiger partial charge is 0.508 e. The van der Waals surface area contributed by atoms with Gasteiger partial charge in [0.1, 0.15) is 66.2 Å². The van der Waals surface area contributed by atoms with E-state index < -0.39 is 132 Å². The summed E-state index contributed by atoms with van der Waals surface area (Å²) in [4.78, 5) is 172. The highest BCUT2D eigenvalue weighted by Gasteiger charge is 2.40. The van der Waals surface area contributed by atoms with Crippen LogP contribution in [-0.2, 0) is 78.4 Å². The zero-order valence-electron chi connectivity index (χ0n) is 65.3. The van der Waals surface area contributed by atoms with Gasteiger partial charge in [0.15, 0.2) is 11.9 Å². The first-order valence-corrected chi connectivity index (χ1v) is 38.9. The fourth-order valence-corrected chi connectivity index (χ4v) is 12.8. The molecule has 0 radical (unpaired) electrons. The van der Waals surface area contributed by atoms with Gasteiger partial charge >= 0.3 is 0 Å². The molecular formula is C80H113ClN18O13. The van der Waals surface area contributed by atoms with E-state index >= 15 is 9.59 Å². The number of hydrogen-bond donors (Lipinski definition) is 16. The number of unbranched alkanes of at least 4 members (excludes halogenated alkanes) is 2. The van der Waals surface area contributed by atoms with Gasteiger partial charge in [-0.15, -0.1) is 0 Å². The number of fused-ring (bicyclic) bond motifs is 1. The number of carbonyl (C=O) groups excluding carboxylic acids is 11. The van der Waals surface area contributed by atoms with Crippen LogP contribution in [0.5, 0.6) is 5.75 Å². The number of carbonyl (C=O) groups is 11. The van der Waals surface area contributed by atoms with Crippen LogP contribution in [-0.4, -0.2) is 210 Å². The Kier molecular flexibility index (Phi) is 38.0. The molecule has 32 heteroatoms.